The maximum atomic E-state index is 13.1. The Balaban J connectivity index is 2.97. The van der Waals surface area contributed by atoms with Gasteiger partial charge in [-0.1, -0.05) is 6.07 Å². The van der Waals surface area contributed by atoms with E-state index in [4.69, 9.17) is 0 Å². The summed E-state index contributed by atoms with van der Waals surface area (Å²) in [4.78, 5) is 0. The molecule has 62 valence electrons. The first-order chi connectivity index (χ1) is 5.70. The Morgan fingerprint density at radius 2 is 2.00 bits per heavy atom. The fourth-order valence-corrected chi connectivity index (χ4v) is 2.58. The highest BCUT2D eigenvalue weighted by molar-refractivity contribution is 9.11. The van der Waals surface area contributed by atoms with Gasteiger partial charge in [0.05, 0.1) is 5.39 Å². The van der Waals surface area contributed by atoms with Crippen molar-refractivity contribution in [3.05, 3.63) is 33.6 Å². The third kappa shape index (κ3) is 1.06. The Morgan fingerprint density at radius 1 is 1.25 bits per heavy atom. The molecule has 2 aromatic rings. The number of benzene rings is 1. The second-order valence-corrected chi connectivity index (χ2v) is 4.67. The largest absolute Gasteiger partial charge is 0.206 e. The van der Waals surface area contributed by atoms with Crippen molar-refractivity contribution >= 4 is 37.4 Å². The average Bonchev–Trinajstić information content (AvgIpc) is 2.29. The van der Waals surface area contributed by atoms with E-state index in [9.17, 15) is 8.78 Å². The van der Waals surface area contributed by atoms with Crippen molar-refractivity contribution in [1.82, 2.24) is 0 Å². The van der Waals surface area contributed by atoms with Crippen LogP contribution in [0.25, 0.3) is 10.1 Å². The molecule has 12 heavy (non-hydrogen) atoms. The van der Waals surface area contributed by atoms with E-state index in [-0.39, 0.29) is 5.39 Å². The molecule has 0 N–H and O–H groups in total. The normalized spacial score (nSPS) is 10.9. The van der Waals surface area contributed by atoms with Crippen LogP contribution < -0.4 is 0 Å². The zero-order valence-electron chi connectivity index (χ0n) is 5.77. The summed E-state index contributed by atoms with van der Waals surface area (Å²) in [5.74, 6) is -1.01. The Morgan fingerprint density at radius 3 is 2.67 bits per heavy atom. The first-order valence-electron chi connectivity index (χ1n) is 3.22. The Kier molecular flexibility index (Phi) is 1.88. The van der Waals surface area contributed by atoms with Crippen molar-refractivity contribution in [3.8, 4) is 0 Å². The fraction of sp³-hybridized carbons (Fsp3) is 0. The highest BCUT2D eigenvalue weighted by Gasteiger charge is 2.12. The van der Waals surface area contributed by atoms with Gasteiger partial charge in [-0.25, -0.2) is 8.78 Å². The van der Waals surface area contributed by atoms with E-state index in [2.05, 4.69) is 15.9 Å². The van der Waals surface area contributed by atoms with Crippen molar-refractivity contribution in [2.45, 2.75) is 0 Å². The van der Waals surface area contributed by atoms with Crippen molar-refractivity contribution in [2.24, 2.45) is 0 Å². The van der Waals surface area contributed by atoms with Crippen LogP contribution in [0.5, 0.6) is 0 Å². The van der Waals surface area contributed by atoms with Crippen LogP contribution in [-0.4, -0.2) is 0 Å². The summed E-state index contributed by atoms with van der Waals surface area (Å²) in [6, 6.07) is 4.52. The van der Waals surface area contributed by atoms with E-state index in [0.717, 1.165) is 0 Å². The number of fused-ring (bicyclic) bond motifs is 1. The Bertz CT molecular complexity index is 436. The van der Waals surface area contributed by atoms with Crippen LogP contribution in [0, 0.1) is 11.6 Å². The first-order valence-corrected chi connectivity index (χ1v) is 4.83. The third-order valence-corrected chi connectivity index (χ3v) is 3.32. The molecule has 0 aliphatic carbocycles. The highest BCUT2D eigenvalue weighted by Crippen LogP contribution is 2.34. The maximum Gasteiger partial charge on any atom is 0.159 e. The predicted octanol–water partition coefficient (Wildman–Crippen LogP) is 3.94. The van der Waals surface area contributed by atoms with Crippen LogP contribution in [0.15, 0.2) is 22.0 Å². The summed E-state index contributed by atoms with van der Waals surface area (Å²) in [7, 11) is 0. The number of rotatable bonds is 0. The van der Waals surface area contributed by atoms with Gasteiger partial charge in [-0.2, -0.15) is 0 Å². The molecule has 4 heteroatoms. The molecule has 0 radical (unpaired) electrons. The van der Waals surface area contributed by atoms with Gasteiger partial charge >= 0.3 is 0 Å². The molecule has 0 nitrogen and oxygen atoms in total. The van der Waals surface area contributed by atoms with Gasteiger partial charge in [0.2, 0.25) is 0 Å². The second-order valence-electron chi connectivity index (χ2n) is 2.30. The lowest BCUT2D eigenvalue weighted by atomic mass is 10.2. The molecule has 1 aromatic carbocycles. The molecule has 0 aliphatic heterocycles. The minimum atomic E-state index is -0.507. The van der Waals surface area contributed by atoms with Gasteiger partial charge in [0.1, 0.15) is 9.60 Å². The van der Waals surface area contributed by atoms with Crippen molar-refractivity contribution in [1.29, 1.82) is 0 Å². The van der Waals surface area contributed by atoms with Crippen LogP contribution in [0.2, 0.25) is 0 Å². The average molecular weight is 249 g/mol. The van der Waals surface area contributed by atoms with Gasteiger partial charge in [-0.3, -0.25) is 0 Å². The van der Waals surface area contributed by atoms with Crippen LogP contribution in [0.3, 0.4) is 0 Å². The number of thiophene rings is 1. The van der Waals surface area contributed by atoms with Crippen molar-refractivity contribution in [2.75, 3.05) is 0 Å². The van der Waals surface area contributed by atoms with Gasteiger partial charge in [0.15, 0.2) is 5.82 Å². The third-order valence-electron chi connectivity index (χ3n) is 1.57. The van der Waals surface area contributed by atoms with Crippen LogP contribution >= 0.6 is 27.3 Å². The summed E-state index contributed by atoms with van der Waals surface area (Å²) >= 11 is 4.21. The SMILES string of the molecule is Fc1cccc2sc(Br)c(F)c12. The molecule has 0 saturated carbocycles. The van der Waals surface area contributed by atoms with Crippen LogP contribution in [0.1, 0.15) is 0 Å². The summed E-state index contributed by atoms with van der Waals surface area (Å²) in [6.07, 6.45) is 0. The monoisotopic (exact) mass is 248 g/mol. The Labute approximate surface area is 80.0 Å². The molecule has 0 saturated heterocycles. The maximum absolute atomic E-state index is 13.1. The quantitative estimate of drug-likeness (QED) is 0.663. The summed E-state index contributed by atoms with van der Waals surface area (Å²) in [6.45, 7) is 0. The molecule has 0 fully saturated rings. The molecule has 0 aliphatic rings. The van der Waals surface area contributed by atoms with Crippen LogP contribution in [-0.2, 0) is 0 Å². The molecule has 0 amide bonds. The van der Waals surface area contributed by atoms with Gasteiger partial charge in [0.25, 0.3) is 0 Å². The second kappa shape index (κ2) is 2.78. The number of hydrogen-bond acceptors (Lipinski definition) is 1. The smallest absolute Gasteiger partial charge is 0.159 e. The Hall–Kier alpha value is -0.480. The summed E-state index contributed by atoms with van der Waals surface area (Å²) < 4.78 is 27.1. The lowest BCUT2D eigenvalue weighted by Gasteiger charge is -1.89. The van der Waals surface area contributed by atoms with Gasteiger partial charge in [-0.15, -0.1) is 11.3 Å². The fourth-order valence-electron chi connectivity index (χ4n) is 1.04. The van der Waals surface area contributed by atoms with Crippen LogP contribution in [0.4, 0.5) is 8.78 Å². The zero-order chi connectivity index (χ0) is 8.72. The highest BCUT2D eigenvalue weighted by atomic mass is 79.9. The number of hydrogen-bond donors (Lipinski definition) is 0. The lowest BCUT2D eigenvalue weighted by molar-refractivity contribution is 0.608. The van der Waals surface area contributed by atoms with Gasteiger partial charge in [0, 0.05) is 4.70 Å². The molecule has 0 atom stereocenters. The van der Waals surface area contributed by atoms with E-state index < -0.39 is 11.6 Å². The van der Waals surface area contributed by atoms with Gasteiger partial charge in [-0.05, 0) is 28.1 Å². The molecule has 2 rings (SSSR count). The minimum Gasteiger partial charge on any atom is -0.206 e. The molecule has 1 heterocycles. The summed E-state index contributed by atoms with van der Waals surface area (Å²) in [5.41, 5.74) is 0. The molecular weight excluding hydrogens is 246 g/mol. The standard InChI is InChI=1S/C8H3BrF2S/c9-8-7(11)6-4(10)2-1-3-5(6)12-8/h1-3H. The summed E-state index contributed by atoms with van der Waals surface area (Å²) in [5, 5.41) is 0.0781. The molecule has 0 bridgehead atoms. The van der Waals surface area contributed by atoms with Gasteiger partial charge < -0.3 is 0 Å². The molecule has 1 aromatic heterocycles. The first kappa shape index (κ1) is 8.13. The predicted molar refractivity (Wildman–Crippen MR) is 49.4 cm³/mol. The van der Waals surface area contributed by atoms with Crippen molar-refractivity contribution < 1.29 is 8.78 Å². The number of halogens is 3. The van der Waals surface area contributed by atoms with E-state index in [0.29, 0.717) is 8.49 Å². The molecule has 0 unspecified atom stereocenters. The van der Waals surface area contributed by atoms with E-state index in [1.54, 1.807) is 12.1 Å². The van der Waals surface area contributed by atoms with E-state index in [1.807, 2.05) is 0 Å². The van der Waals surface area contributed by atoms with E-state index in [1.165, 1.54) is 17.4 Å². The molecule has 0 spiro atoms. The van der Waals surface area contributed by atoms with Crippen molar-refractivity contribution in [3.63, 3.8) is 0 Å². The van der Waals surface area contributed by atoms with E-state index >= 15 is 0 Å². The molecular formula is C8H3BrF2S. The minimum absolute atomic E-state index is 0.0781. The lowest BCUT2D eigenvalue weighted by Crippen LogP contribution is -1.76. The topological polar surface area (TPSA) is 0 Å². The zero-order valence-corrected chi connectivity index (χ0v) is 8.18.